The second-order valence-electron chi connectivity index (χ2n) is 2.22. The molecule has 12 heavy (non-hydrogen) atoms. The van der Waals surface area contributed by atoms with Crippen molar-refractivity contribution in [3.63, 3.8) is 0 Å². The van der Waals surface area contributed by atoms with Gasteiger partial charge in [-0.3, -0.25) is 4.79 Å². The van der Waals surface area contributed by atoms with Crippen molar-refractivity contribution in [1.29, 1.82) is 0 Å². The van der Waals surface area contributed by atoms with E-state index in [1.54, 1.807) is 12.1 Å². The van der Waals surface area contributed by atoms with Crippen LogP contribution in [0, 0.1) is 0 Å². The Hall–Kier alpha value is -0.150. The Morgan fingerprint density at radius 3 is 2.42 bits per heavy atom. The number of benzene rings is 1. The average molecular weight is 173 g/mol. The number of carbonyl (C=O) groups excluding carboxylic acids is 1. The Morgan fingerprint density at radius 2 is 1.92 bits per heavy atom. The smallest absolute Gasteiger partial charge is 0.377 e. The van der Waals surface area contributed by atoms with Crippen molar-refractivity contribution in [3.05, 3.63) is 35.9 Å². The second-order valence-corrected chi connectivity index (χ2v) is 2.22. The summed E-state index contributed by atoms with van der Waals surface area (Å²) in [6, 6.07) is 9.11. The van der Waals surface area contributed by atoms with Gasteiger partial charge in [0.05, 0.1) is 0 Å². The largest absolute Gasteiger partial charge is 1.00 e. The van der Waals surface area contributed by atoms with Crippen molar-refractivity contribution in [2.75, 3.05) is 13.7 Å². The van der Waals surface area contributed by atoms with Crippen LogP contribution >= 0.6 is 0 Å². The molecule has 0 heterocycles. The van der Waals surface area contributed by atoms with Crippen molar-refractivity contribution >= 4 is 5.78 Å². The van der Waals surface area contributed by atoms with Crippen LogP contribution in [0.25, 0.3) is 0 Å². The fourth-order valence-corrected chi connectivity index (χ4v) is 0.838. The van der Waals surface area contributed by atoms with Gasteiger partial charge in [-0.25, -0.2) is 0 Å². The molecule has 0 atom stereocenters. The summed E-state index contributed by atoms with van der Waals surface area (Å²) in [5.74, 6) is 0.0214. The van der Waals surface area contributed by atoms with E-state index < -0.39 is 0 Å². The summed E-state index contributed by atoms with van der Waals surface area (Å²) in [5.41, 5.74) is 0.703. The van der Waals surface area contributed by atoms with Gasteiger partial charge in [0.2, 0.25) is 0 Å². The maximum absolute atomic E-state index is 11.1. The van der Waals surface area contributed by atoms with E-state index >= 15 is 0 Å². The molecule has 0 spiro atoms. The second kappa shape index (κ2) is 6.38. The van der Waals surface area contributed by atoms with E-state index in [4.69, 9.17) is 4.74 Å². The minimum absolute atomic E-state index is 0. The number of ketones is 1. The standard InChI is InChI=1S/C9H10O2.Na/c1-11-7-9(10)8-5-3-2-4-6-8;/h2-6H,7H2,1H3;/q;+1. The van der Waals surface area contributed by atoms with Crippen LogP contribution in [0.2, 0.25) is 0 Å². The first-order valence-electron chi connectivity index (χ1n) is 3.42. The molecule has 0 bridgehead atoms. The fourth-order valence-electron chi connectivity index (χ4n) is 0.838. The monoisotopic (exact) mass is 173 g/mol. The van der Waals surface area contributed by atoms with Crippen molar-refractivity contribution < 1.29 is 39.1 Å². The molecule has 0 saturated heterocycles. The Bertz CT molecular complexity index is 234. The maximum atomic E-state index is 11.1. The number of Topliss-reactive ketones (excluding diaryl/α,β-unsaturated/α-hetero) is 1. The van der Waals surface area contributed by atoms with Gasteiger partial charge in [0.15, 0.2) is 5.78 Å². The molecule has 0 aliphatic carbocycles. The first-order chi connectivity index (χ1) is 5.34. The van der Waals surface area contributed by atoms with Gasteiger partial charge in [0.1, 0.15) is 6.61 Å². The SMILES string of the molecule is COCC(=O)c1ccccc1.[Na+]. The first-order valence-corrected chi connectivity index (χ1v) is 3.42. The van der Waals surface area contributed by atoms with Crippen molar-refractivity contribution in [3.8, 4) is 0 Å². The molecule has 0 amide bonds. The molecule has 3 heteroatoms. The number of carbonyl (C=O) groups is 1. The van der Waals surface area contributed by atoms with Crippen molar-refractivity contribution in [2.24, 2.45) is 0 Å². The third kappa shape index (κ3) is 3.50. The van der Waals surface area contributed by atoms with Gasteiger partial charge < -0.3 is 4.74 Å². The molecule has 0 fully saturated rings. The van der Waals surface area contributed by atoms with Gasteiger partial charge in [-0.05, 0) is 0 Å². The molecule has 1 rings (SSSR count). The van der Waals surface area contributed by atoms with E-state index in [1.165, 1.54) is 7.11 Å². The molecule has 1 aromatic carbocycles. The first kappa shape index (κ1) is 11.8. The van der Waals surface area contributed by atoms with Crippen LogP contribution in [0.4, 0.5) is 0 Å². The van der Waals surface area contributed by atoms with E-state index in [9.17, 15) is 4.79 Å². The molecule has 0 aliphatic rings. The number of rotatable bonds is 3. The number of ether oxygens (including phenoxy) is 1. The molecule has 0 radical (unpaired) electrons. The third-order valence-corrected chi connectivity index (χ3v) is 1.37. The molecule has 0 aromatic heterocycles. The van der Waals surface area contributed by atoms with E-state index in [-0.39, 0.29) is 41.9 Å². The summed E-state index contributed by atoms with van der Waals surface area (Å²) in [6.07, 6.45) is 0. The van der Waals surface area contributed by atoms with Gasteiger partial charge in [-0.1, -0.05) is 30.3 Å². The molecule has 1 aromatic rings. The zero-order valence-electron chi connectivity index (χ0n) is 7.41. The number of hydrogen-bond donors (Lipinski definition) is 0. The van der Waals surface area contributed by atoms with E-state index in [0.717, 1.165) is 0 Å². The van der Waals surface area contributed by atoms with Gasteiger partial charge in [0.25, 0.3) is 0 Å². The van der Waals surface area contributed by atoms with Gasteiger partial charge in [0, 0.05) is 12.7 Å². The molecule has 58 valence electrons. The molecular weight excluding hydrogens is 163 g/mol. The molecular formula is C9H10NaO2+. The quantitative estimate of drug-likeness (QED) is 0.411. The van der Waals surface area contributed by atoms with Crippen LogP contribution in [0.3, 0.4) is 0 Å². The van der Waals surface area contributed by atoms with Crippen LogP contribution in [-0.4, -0.2) is 19.5 Å². The van der Waals surface area contributed by atoms with Crippen LogP contribution in [0.15, 0.2) is 30.3 Å². The summed E-state index contributed by atoms with van der Waals surface area (Å²) < 4.78 is 4.71. The predicted molar refractivity (Wildman–Crippen MR) is 42.6 cm³/mol. The van der Waals surface area contributed by atoms with E-state index in [1.807, 2.05) is 18.2 Å². The average Bonchev–Trinajstić information content (AvgIpc) is 2.07. The number of methoxy groups -OCH3 is 1. The summed E-state index contributed by atoms with van der Waals surface area (Å²) in [6.45, 7) is 0.157. The van der Waals surface area contributed by atoms with E-state index in [2.05, 4.69) is 0 Å². The molecule has 0 N–H and O–H groups in total. The summed E-state index contributed by atoms with van der Waals surface area (Å²) in [7, 11) is 1.51. The Balaban J connectivity index is 0.00000121. The molecule has 0 saturated carbocycles. The van der Waals surface area contributed by atoms with Gasteiger partial charge in [-0.2, -0.15) is 0 Å². The summed E-state index contributed by atoms with van der Waals surface area (Å²) in [4.78, 5) is 11.1. The van der Waals surface area contributed by atoms with Crippen LogP contribution in [0.1, 0.15) is 10.4 Å². The maximum Gasteiger partial charge on any atom is 1.00 e. The fraction of sp³-hybridized carbons (Fsp3) is 0.222. The molecule has 0 unspecified atom stereocenters. The zero-order chi connectivity index (χ0) is 8.10. The molecule has 0 aliphatic heterocycles. The Kier molecular flexibility index (Phi) is 6.30. The van der Waals surface area contributed by atoms with Crippen molar-refractivity contribution in [2.45, 2.75) is 0 Å². The van der Waals surface area contributed by atoms with Crippen LogP contribution < -0.4 is 29.6 Å². The molecule has 2 nitrogen and oxygen atoms in total. The Labute approximate surface area is 94.2 Å². The number of hydrogen-bond acceptors (Lipinski definition) is 2. The third-order valence-electron chi connectivity index (χ3n) is 1.37. The zero-order valence-corrected chi connectivity index (χ0v) is 9.41. The Morgan fingerprint density at radius 1 is 1.33 bits per heavy atom. The van der Waals surface area contributed by atoms with Gasteiger partial charge >= 0.3 is 29.6 Å². The van der Waals surface area contributed by atoms with Crippen molar-refractivity contribution in [1.82, 2.24) is 0 Å². The van der Waals surface area contributed by atoms with E-state index in [0.29, 0.717) is 5.56 Å². The van der Waals surface area contributed by atoms with Gasteiger partial charge in [-0.15, -0.1) is 0 Å². The normalized spacial score (nSPS) is 8.75. The predicted octanol–water partition coefficient (Wildman–Crippen LogP) is -1.48. The topological polar surface area (TPSA) is 26.3 Å². The minimum Gasteiger partial charge on any atom is -0.377 e. The summed E-state index contributed by atoms with van der Waals surface area (Å²) in [5, 5.41) is 0. The minimum atomic E-state index is 0. The summed E-state index contributed by atoms with van der Waals surface area (Å²) >= 11 is 0. The van der Waals surface area contributed by atoms with Crippen LogP contribution in [-0.2, 0) is 4.74 Å². The van der Waals surface area contributed by atoms with Crippen LogP contribution in [0.5, 0.6) is 0 Å².